The molecule has 2 bridgehead atoms. The number of imide groups is 3. The Hall–Kier alpha value is -11.4. The Labute approximate surface area is 732 Å². The van der Waals surface area contributed by atoms with E-state index in [1.807, 2.05) is 305 Å². The first kappa shape index (κ1) is 106. The lowest BCUT2D eigenvalue weighted by Crippen LogP contribution is -2.33. The summed E-state index contributed by atoms with van der Waals surface area (Å²) in [4.78, 5) is 80.4. The highest BCUT2D eigenvalue weighted by Gasteiger charge is 2.61. The zero-order valence-corrected chi connectivity index (χ0v) is 79.5. The van der Waals surface area contributed by atoms with Crippen LogP contribution in [0.15, 0.2) is 254 Å². The molecule has 9 aromatic carbocycles. The van der Waals surface area contributed by atoms with E-state index in [4.69, 9.17) is 0 Å². The van der Waals surface area contributed by atoms with Gasteiger partial charge in [-0.1, -0.05) is 374 Å². The topological polar surface area (TPSA) is 112 Å². The molecule has 0 N–H and O–H groups in total. The minimum absolute atomic E-state index is 0.000223. The number of carbonyl (C=O) groups excluding carboxylic acids is 6. The summed E-state index contributed by atoms with van der Waals surface area (Å²) in [5.41, 5.74) is 15.3. The summed E-state index contributed by atoms with van der Waals surface area (Å²) in [6.45, 7) is 66.3. The maximum Gasteiger partial charge on any atom is 0.266 e. The van der Waals surface area contributed by atoms with E-state index in [1.165, 1.54) is 37.5 Å². The van der Waals surface area contributed by atoms with Crippen molar-refractivity contribution in [2.75, 3.05) is 14.7 Å². The van der Waals surface area contributed by atoms with Gasteiger partial charge in [-0.15, -0.1) is 0 Å². The van der Waals surface area contributed by atoms with Crippen LogP contribution >= 0.6 is 0 Å². The van der Waals surface area contributed by atoms with Crippen molar-refractivity contribution >= 4 is 58.1 Å². The molecule has 3 aliphatic heterocycles. The molecule has 1 saturated heterocycles. The molecule has 4 atom stereocenters. The van der Waals surface area contributed by atoms with E-state index in [1.54, 1.807) is 18.2 Å². The van der Waals surface area contributed by atoms with E-state index in [0.29, 0.717) is 33.6 Å². The first-order valence-corrected chi connectivity index (χ1v) is 44.0. The van der Waals surface area contributed by atoms with E-state index in [9.17, 15) is 28.8 Å². The molecule has 0 aromatic heterocycles. The second-order valence-corrected chi connectivity index (χ2v) is 32.4. The summed E-state index contributed by atoms with van der Waals surface area (Å²) in [7, 11) is 0. The van der Waals surface area contributed by atoms with Gasteiger partial charge in [-0.25, -0.2) is 9.80 Å². The van der Waals surface area contributed by atoms with Crippen LogP contribution in [0.25, 0.3) is 5.57 Å². The maximum atomic E-state index is 13.0. The molecule has 121 heavy (non-hydrogen) atoms. The van der Waals surface area contributed by atoms with E-state index < -0.39 is 0 Å². The van der Waals surface area contributed by atoms with Crippen molar-refractivity contribution < 1.29 is 28.8 Å². The van der Waals surface area contributed by atoms with Gasteiger partial charge in [0, 0.05) is 39.3 Å². The van der Waals surface area contributed by atoms with Crippen LogP contribution in [-0.4, -0.2) is 35.4 Å². The zero-order chi connectivity index (χ0) is 91.8. The average Bonchev–Trinajstić information content (AvgIpc) is 1.56. The minimum atomic E-state index is -0.308. The maximum absolute atomic E-state index is 13.0. The van der Waals surface area contributed by atoms with Gasteiger partial charge in [0.1, 0.15) is 0 Å². The molecule has 0 radical (unpaired) electrons. The predicted molar refractivity (Wildman–Crippen MR) is 518 cm³/mol. The number of carbonyl (C=O) groups is 6. The first-order valence-electron chi connectivity index (χ1n) is 44.0. The number of fused-ring (bicyclic) bond motifs is 6. The van der Waals surface area contributed by atoms with Gasteiger partial charge in [-0.05, 0) is 199 Å². The largest absolute Gasteiger partial charge is 0.274 e. The van der Waals surface area contributed by atoms with E-state index in [2.05, 4.69) is 177 Å². The summed E-state index contributed by atoms with van der Waals surface area (Å²) in [5.74, 6) is 18.0. The molecule has 14 rings (SSSR count). The monoisotopic (exact) mass is 1630 g/mol. The fourth-order valence-electron chi connectivity index (χ4n) is 13.1. The molecule has 3 heterocycles. The SMILES string of the molecule is CC.CC.CC.CC.CC.CC.CC.CC.CC(C)(C)C#Cc1ccccc1.CC(C)(C)c1ccc(C#Cc2ccccc2)cc1.CC(C)(C)c1ccc(N2C(=O)C=C(c3ccccc3)C2=O)cc1.CC(C)(C)c1ccc(N2C(=O)c3ccc(C#Cc4ccccc4)cc3C2=O)cc1.CC1=CC2CC1C1C(=O)N(c3ccc(C(C)(C)C)cc3)C(=O)C21. The highest BCUT2D eigenvalue weighted by molar-refractivity contribution is 6.43. The van der Waals surface area contributed by atoms with E-state index in [0.717, 1.165) is 51.1 Å². The Kier molecular flexibility index (Phi) is 44.7. The molecule has 4 unspecified atom stereocenters. The van der Waals surface area contributed by atoms with Crippen molar-refractivity contribution in [3.05, 3.63) is 321 Å². The lowest BCUT2D eigenvalue weighted by molar-refractivity contribution is -0.123. The number of nitrogens with zero attached hydrogens (tertiary/aromatic N) is 3. The molecule has 1 saturated carbocycles. The number of allylic oxidation sites excluding steroid dienone is 2. The number of hydrogen-bond donors (Lipinski definition) is 0. The third-order valence-electron chi connectivity index (χ3n) is 19.1. The molecular formula is C112H143N3O6. The highest BCUT2D eigenvalue weighted by Crippen LogP contribution is 2.56. The second kappa shape index (κ2) is 51.2. The van der Waals surface area contributed by atoms with Crippen molar-refractivity contribution in [2.45, 2.75) is 250 Å². The van der Waals surface area contributed by atoms with Crippen molar-refractivity contribution in [1.82, 2.24) is 0 Å². The van der Waals surface area contributed by atoms with Crippen LogP contribution in [0.3, 0.4) is 0 Å². The van der Waals surface area contributed by atoms with Gasteiger partial charge in [-0.2, -0.15) is 0 Å². The van der Waals surface area contributed by atoms with Crippen molar-refractivity contribution in [3.8, 4) is 35.5 Å². The molecular weight excluding hydrogens is 1480 g/mol. The minimum Gasteiger partial charge on any atom is -0.274 e. The number of hydrogen-bond acceptors (Lipinski definition) is 6. The lowest BCUT2D eigenvalue weighted by Gasteiger charge is -2.22. The standard InChI is InChI=1S/C26H21NO2.C20H23NO2.C20H19NO2.C18H18.C12H14.8C2H6/c1-26(2,3)20-12-14-21(15-13-20)27-24(28)22-16-11-19(17-23(22)25(27)29)10-9-18-7-5-4-6-8-18;1-11-9-12-10-15(11)17-16(12)18(22)21(19(17)23)14-7-5-13(6-8-14)20(2,3)4;1-20(2,3)15-9-11-16(12-10-15)21-18(22)13-17(19(21)23)14-7-5-4-6-8-14;1-18(2,3)17-13-11-16(12-14-17)10-9-15-7-5-4-6-8-15;1-12(2,3)10-9-11-7-5-4-6-8-11;8*1-2/h4-8,11-17H,1-3H3;5-9,12,15-17H,10H2,1-4H3;4-13H,1-3H3;4-8,11-14H,1-3H3;4-8H,1-3H3;8*1-2H3. The Morgan fingerprint density at radius 3 is 0.983 bits per heavy atom. The summed E-state index contributed by atoms with van der Waals surface area (Å²) in [5, 5.41) is 0. The zero-order valence-electron chi connectivity index (χ0n) is 79.5. The van der Waals surface area contributed by atoms with Gasteiger partial charge in [0.2, 0.25) is 11.8 Å². The van der Waals surface area contributed by atoms with E-state index >= 15 is 0 Å². The fourth-order valence-corrected chi connectivity index (χ4v) is 13.1. The molecule has 642 valence electrons. The molecule has 5 aliphatic rings. The van der Waals surface area contributed by atoms with Gasteiger partial charge in [0.05, 0.1) is 45.6 Å². The van der Waals surface area contributed by atoms with Gasteiger partial charge in [0.15, 0.2) is 0 Å². The molecule has 9 nitrogen and oxygen atoms in total. The number of benzene rings is 9. The van der Waals surface area contributed by atoms with Gasteiger partial charge in [0.25, 0.3) is 23.6 Å². The Bertz CT molecular complexity index is 4940. The van der Waals surface area contributed by atoms with Gasteiger partial charge in [-0.3, -0.25) is 33.7 Å². The molecule has 9 aromatic rings. The van der Waals surface area contributed by atoms with Crippen LogP contribution < -0.4 is 14.7 Å². The Morgan fingerprint density at radius 2 is 0.612 bits per heavy atom. The Balaban J connectivity index is 0.000000500. The first-order chi connectivity index (χ1) is 57.6. The van der Waals surface area contributed by atoms with Gasteiger partial charge < -0.3 is 0 Å². The predicted octanol–water partition coefficient (Wildman–Crippen LogP) is 28.5. The van der Waals surface area contributed by atoms with Crippen LogP contribution in [0.5, 0.6) is 0 Å². The molecule has 6 amide bonds. The molecule has 9 heteroatoms. The summed E-state index contributed by atoms with van der Waals surface area (Å²) in [6.07, 6.45) is 4.61. The average molecular weight is 1630 g/mol. The summed E-state index contributed by atoms with van der Waals surface area (Å²) in [6, 6.07) is 75.8. The third-order valence-corrected chi connectivity index (χ3v) is 19.1. The summed E-state index contributed by atoms with van der Waals surface area (Å²) < 4.78 is 0. The van der Waals surface area contributed by atoms with Crippen LogP contribution in [-0.2, 0) is 40.8 Å². The van der Waals surface area contributed by atoms with Crippen molar-refractivity contribution in [2.24, 2.45) is 29.1 Å². The van der Waals surface area contributed by atoms with Crippen LogP contribution in [0.4, 0.5) is 17.1 Å². The number of rotatable bonds is 4. The summed E-state index contributed by atoms with van der Waals surface area (Å²) >= 11 is 0. The Morgan fingerprint density at radius 1 is 0.306 bits per heavy atom. The second-order valence-electron chi connectivity index (χ2n) is 32.4. The molecule has 2 fully saturated rings. The quantitative estimate of drug-likeness (QED) is 0.0986. The van der Waals surface area contributed by atoms with Gasteiger partial charge >= 0.3 is 0 Å². The van der Waals surface area contributed by atoms with Crippen LogP contribution in [0.2, 0.25) is 0 Å². The number of amides is 6. The normalized spacial score (nSPS) is 15.2. The van der Waals surface area contributed by atoms with Crippen LogP contribution in [0.1, 0.15) is 304 Å². The lowest BCUT2D eigenvalue weighted by atomic mass is 9.82. The highest BCUT2D eigenvalue weighted by atomic mass is 16.2. The van der Waals surface area contributed by atoms with Crippen molar-refractivity contribution in [3.63, 3.8) is 0 Å². The molecule has 0 spiro atoms. The smallest absolute Gasteiger partial charge is 0.266 e. The number of anilines is 3. The van der Waals surface area contributed by atoms with E-state index in [-0.39, 0.29) is 86.2 Å². The van der Waals surface area contributed by atoms with Crippen molar-refractivity contribution in [1.29, 1.82) is 0 Å². The van der Waals surface area contributed by atoms with Crippen LogP contribution in [0, 0.1) is 64.6 Å². The fraction of sp³-hybridized carbons (Fsp3) is 0.375. The third kappa shape index (κ3) is 30.3. The molecule has 2 aliphatic carbocycles.